The first-order valence-corrected chi connectivity index (χ1v) is 6.79. The fourth-order valence-electron chi connectivity index (χ4n) is 2.63. The molecule has 0 fully saturated rings. The third-order valence-corrected chi connectivity index (χ3v) is 3.71. The third-order valence-electron chi connectivity index (χ3n) is 3.71. The van der Waals surface area contributed by atoms with Crippen LogP contribution in [0.5, 0.6) is 0 Å². The number of nitrogens with zero attached hydrogens (tertiary/aromatic N) is 3. The highest BCUT2D eigenvalue weighted by atomic mass is 19.4. The Balaban J connectivity index is 1.83. The second-order valence-corrected chi connectivity index (χ2v) is 5.23. The normalized spacial score (nSPS) is 18.6. The Morgan fingerprint density at radius 1 is 1.19 bits per heavy atom. The summed E-state index contributed by atoms with van der Waals surface area (Å²) in [5, 5.41) is 8.24. The monoisotopic (exact) mass is 296 g/mol. The molecule has 2 N–H and O–H groups in total. The lowest BCUT2D eigenvalue weighted by Crippen LogP contribution is -2.26. The van der Waals surface area contributed by atoms with Crippen LogP contribution in [0.3, 0.4) is 0 Å². The fourth-order valence-corrected chi connectivity index (χ4v) is 2.63. The minimum absolute atomic E-state index is 0.145. The molecule has 0 spiro atoms. The zero-order valence-corrected chi connectivity index (χ0v) is 11.3. The summed E-state index contributed by atoms with van der Waals surface area (Å²) in [6.45, 7) is 0. The van der Waals surface area contributed by atoms with Crippen LogP contribution in [0.4, 0.5) is 13.2 Å². The minimum atomic E-state index is -4.31. The van der Waals surface area contributed by atoms with Crippen LogP contribution in [0.25, 0.3) is 0 Å². The summed E-state index contributed by atoms with van der Waals surface area (Å²) in [4.78, 5) is 0. The van der Waals surface area contributed by atoms with Crippen LogP contribution in [0.2, 0.25) is 0 Å². The van der Waals surface area contributed by atoms with Gasteiger partial charge in [0.05, 0.1) is 11.7 Å². The highest BCUT2D eigenvalue weighted by Gasteiger charge is 2.30. The zero-order valence-electron chi connectivity index (χ0n) is 11.3. The summed E-state index contributed by atoms with van der Waals surface area (Å²) in [5.41, 5.74) is 6.17. The molecule has 1 atom stereocenters. The predicted molar refractivity (Wildman–Crippen MR) is 70.4 cm³/mol. The Bertz CT molecular complexity index is 631. The molecule has 0 aliphatic carbocycles. The van der Waals surface area contributed by atoms with Crippen molar-refractivity contribution in [2.75, 3.05) is 0 Å². The summed E-state index contributed by atoms with van der Waals surface area (Å²) >= 11 is 0. The number of hydrogen-bond donors (Lipinski definition) is 1. The van der Waals surface area contributed by atoms with Gasteiger partial charge in [-0.25, -0.2) is 0 Å². The molecule has 1 aliphatic rings. The first kappa shape index (κ1) is 14.1. The molecule has 0 saturated carbocycles. The standard InChI is InChI=1S/C14H15F3N4/c15-14(16,17)10-6-4-9(5-7-10)8-13-20-19-12-3-1-2-11(18)21(12)13/h4-7,11H,1-3,8,18H2. The largest absolute Gasteiger partial charge is 0.416 e. The van der Waals surface area contributed by atoms with E-state index in [0.717, 1.165) is 42.8 Å². The molecule has 0 amide bonds. The highest BCUT2D eigenvalue weighted by molar-refractivity contribution is 5.27. The van der Waals surface area contributed by atoms with E-state index < -0.39 is 11.7 Å². The van der Waals surface area contributed by atoms with Crippen molar-refractivity contribution in [2.45, 2.75) is 38.0 Å². The average molecular weight is 296 g/mol. The number of alkyl halides is 3. The van der Waals surface area contributed by atoms with E-state index in [1.54, 1.807) is 0 Å². The second-order valence-electron chi connectivity index (χ2n) is 5.23. The average Bonchev–Trinajstić information content (AvgIpc) is 2.83. The molecule has 7 heteroatoms. The molecule has 21 heavy (non-hydrogen) atoms. The van der Waals surface area contributed by atoms with Crippen LogP contribution in [0, 0.1) is 0 Å². The number of benzene rings is 1. The van der Waals surface area contributed by atoms with Gasteiger partial charge in [-0.15, -0.1) is 10.2 Å². The molecule has 1 aliphatic heterocycles. The molecule has 3 rings (SSSR count). The third kappa shape index (κ3) is 2.78. The lowest BCUT2D eigenvalue weighted by Gasteiger charge is -2.22. The number of rotatable bonds is 2. The van der Waals surface area contributed by atoms with E-state index in [1.165, 1.54) is 12.1 Å². The van der Waals surface area contributed by atoms with Crippen molar-refractivity contribution in [3.05, 3.63) is 47.0 Å². The number of fused-ring (bicyclic) bond motifs is 1. The lowest BCUT2D eigenvalue weighted by molar-refractivity contribution is -0.137. The van der Waals surface area contributed by atoms with Gasteiger partial charge in [-0.2, -0.15) is 13.2 Å². The van der Waals surface area contributed by atoms with E-state index in [2.05, 4.69) is 10.2 Å². The van der Waals surface area contributed by atoms with Crippen LogP contribution < -0.4 is 5.73 Å². The molecule has 1 unspecified atom stereocenters. The molecular weight excluding hydrogens is 281 g/mol. The van der Waals surface area contributed by atoms with Crippen LogP contribution in [-0.2, 0) is 19.0 Å². The number of halogens is 3. The molecule has 0 bridgehead atoms. The van der Waals surface area contributed by atoms with Crippen molar-refractivity contribution >= 4 is 0 Å². The maximum atomic E-state index is 12.5. The zero-order chi connectivity index (χ0) is 15.0. The van der Waals surface area contributed by atoms with Gasteiger partial charge in [0.25, 0.3) is 0 Å². The number of aromatic nitrogens is 3. The van der Waals surface area contributed by atoms with Crippen molar-refractivity contribution in [3.8, 4) is 0 Å². The van der Waals surface area contributed by atoms with E-state index >= 15 is 0 Å². The van der Waals surface area contributed by atoms with Crippen LogP contribution in [-0.4, -0.2) is 14.8 Å². The van der Waals surface area contributed by atoms with Gasteiger partial charge in [-0.3, -0.25) is 4.57 Å². The predicted octanol–water partition coefficient (Wildman–Crippen LogP) is 2.68. The Hall–Kier alpha value is -1.89. The minimum Gasteiger partial charge on any atom is -0.311 e. The van der Waals surface area contributed by atoms with Gasteiger partial charge in [0.15, 0.2) is 0 Å². The Labute approximate surface area is 119 Å². The second kappa shape index (κ2) is 5.14. The smallest absolute Gasteiger partial charge is 0.311 e. The maximum Gasteiger partial charge on any atom is 0.416 e. The Kier molecular flexibility index (Phi) is 3.44. The van der Waals surface area contributed by atoms with Gasteiger partial charge in [-0.1, -0.05) is 12.1 Å². The highest BCUT2D eigenvalue weighted by Crippen LogP contribution is 2.29. The van der Waals surface area contributed by atoms with Crippen molar-refractivity contribution in [2.24, 2.45) is 5.73 Å². The van der Waals surface area contributed by atoms with E-state index in [4.69, 9.17) is 5.73 Å². The molecule has 1 aromatic carbocycles. The van der Waals surface area contributed by atoms with E-state index in [9.17, 15) is 13.2 Å². The van der Waals surface area contributed by atoms with Crippen LogP contribution >= 0.6 is 0 Å². The van der Waals surface area contributed by atoms with Crippen LogP contribution in [0.15, 0.2) is 24.3 Å². The summed E-state index contributed by atoms with van der Waals surface area (Å²) in [7, 11) is 0. The molecule has 112 valence electrons. The number of hydrogen-bond acceptors (Lipinski definition) is 3. The lowest BCUT2D eigenvalue weighted by atomic mass is 10.1. The Morgan fingerprint density at radius 2 is 1.90 bits per heavy atom. The van der Waals surface area contributed by atoms with Gasteiger partial charge in [0, 0.05) is 12.8 Å². The summed E-state index contributed by atoms with van der Waals surface area (Å²) in [6, 6.07) is 5.11. The SMILES string of the molecule is NC1CCCc2nnc(Cc3ccc(C(F)(F)F)cc3)n21. The van der Waals surface area contributed by atoms with Gasteiger partial charge < -0.3 is 5.73 Å². The molecule has 2 heterocycles. The van der Waals surface area contributed by atoms with Gasteiger partial charge >= 0.3 is 6.18 Å². The molecule has 4 nitrogen and oxygen atoms in total. The van der Waals surface area contributed by atoms with E-state index in [-0.39, 0.29) is 6.17 Å². The van der Waals surface area contributed by atoms with Crippen molar-refractivity contribution in [1.29, 1.82) is 0 Å². The van der Waals surface area contributed by atoms with Gasteiger partial charge in [-0.05, 0) is 30.5 Å². The van der Waals surface area contributed by atoms with Gasteiger partial charge in [0.2, 0.25) is 0 Å². The van der Waals surface area contributed by atoms with Crippen molar-refractivity contribution < 1.29 is 13.2 Å². The van der Waals surface area contributed by atoms with Crippen molar-refractivity contribution in [1.82, 2.24) is 14.8 Å². The molecule has 0 radical (unpaired) electrons. The first-order valence-electron chi connectivity index (χ1n) is 6.79. The van der Waals surface area contributed by atoms with Crippen molar-refractivity contribution in [3.63, 3.8) is 0 Å². The molecule has 2 aromatic rings. The van der Waals surface area contributed by atoms with E-state index in [0.29, 0.717) is 12.2 Å². The summed E-state index contributed by atoms with van der Waals surface area (Å²) in [6.07, 6.45) is -1.33. The summed E-state index contributed by atoms with van der Waals surface area (Å²) in [5.74, 6) is 1.56. The number of aryl methyl sites for hydroxylation is 1. The quantitative estimate of drug-likeness (QED) is 0.927. The van der Waals surface area contributed by atoms with E-state index in [1.807, 2.05) is 4.57 Å². The first-order chi connectivity index (χ1) is 9.95. The maximum absolute atomic E-state index is 12.5. The summed E-state index contributed by atoms with van der Waals surface area (Å²) < 4.78 is 39.5. The molecular formula is C14H15F3N4. The molecule has 1 aromatic heterocycles. The Morgan fingerprint density at radius 3 is 2.57 bits per heavy atom. The molecule has 0 saturated heterocycles. The van der Waals surface area contributed by atoms with Gasteiger partial charge in [0.1, 0.15) is 11.6 Å². The topological polar surface area (TPSA) is 56.7 Å². The fraction of sp³-hybridized carbons (Fsp3) is 0.429. The number of nitrogens with two attached hydrogens (primary N) is 1. The van der Waals surface area contributed by atoms with Crippen LogP contribution in [0.1, 0.15) is 41.8 Å².